The van der Waals surface area contributed by atoms with Crippen molar-refractivity contribution in [2.75, 3.05) is 13.2 Å². The third-order valence-corrected chi connectivity index (χ3v) is 5.30. The maximum Gasteiger partial charge on any atom is 0.307 e. The Morgan fingerprint density at radius 2 is 1.73 bits per heavy atom. The van der Waals surface area contributed by atoms with Crippen LogP contribution in [0.25, 0.3) is 23.1 Å². The van der Waals surface area contributed by atoms with Crippen molar-refractivity contribution in [1.82, 2.24) is 4.57 Å². The monoisotopic (exact) mass is 451 g/mol. The SMILES string of the molecule is O=C(O)CCCn1cc(CC(=O)O)c2c(C=Cc3ccc(OCCCCO)cc3)cccc21. The van der Waals surface area contributed by atoms with Crippen LogP contribution in [0.5, 0.6) is 5.75 Å². The van der Waals surface area contributed by atoms with E-state index in [-0.39, 0.29) is 19.4 Å². The molecule has 0 unspecified atom stereocenters. The number of aryl methyl sites for hydroxylation is 1. The van der Waals surface area contributed by atoms with Crippen LogP contribution >= 0.6 is 0 Å². The number of rotatable bonds is 13. The zero-order valence-corrected chi connectivity index (χ0v) is 18.4. The highest BCUT2D eigenvalue weighted by Gasteiger charge is 2.14. The fourth-order valence-corrected chi connectivity index (χ4v) is 3.76. The molecule has 0 bridgehead atoms. The van der Waals surface area contributed by atoms with E-state index in [9.17, 15) is 14.7 Å². The van der Waals surface area contributed by atoms with Gasteiger partial charge in [0.2, 0.25) is 0 Å². The van der Waals surface area contributed by atoms with Gasteiger partial charge in [-0.2, -0.15) is 0 Å². The van der Waals surface area contributed by atoms with Crippen LogP contribution in [0.4, 0.5) is 0 Å². The molecule has 3 aromatic rings. The second-order valence-electron chi connectivity index (χ2n) is 7.84. The van der Waals surface area contributed by atoms with Crippen LogP contribution in [0.1, 0.15) is 42.4 Å². The van der Waals surface area contributed by atoms with Crippen molar-refractivity contribution in [1.29, 1.82) is 0 Å². The lowest BCUT2D eigenvalue weighted by molar-refractivity contribution is -0.137. The summed E-state index contributed by atoms with van der Waals surface area (Å²) in [5.41, 5.74) is 3.49. The molecule has 2 aromatic carbocycles. The molecule has 0 fully saturated rings. The summed E-state index contributed by atoms with van der Waals surface area (Å²) in [6, 6.07) is 13.5. The molecule has 0 saturated carbocycles. The predicted octanol–water partition coefficient (Wildman–Crippen LogP) is 4.45. The minimum atomic E-state index is -0.909. The number of aliphatic carboxylic acids is 2. The van der Waals surface area contributed by atoms with E-state index in [0.717, 1.165) is 40.6 Å². The molecular weight excluding hydrogens is 422 g/mol. The average molecular weight is 452 g/mol. The molecule has 1 aromatic heterocycles. The van der Waals surface area contributed by atoms with E-state index in [1.807, 2.05) is 65.4 Å². The van der Waals surface area contributed by atoms with Gasteiger partial charge >= 0.3 is 11.9 Å². The summed E-state index contributed by atoms with van der Waals surface area (Å²) < 4.78 is 7.60. The van der Waals surface area contributed by atoms with Gasteiger partial charge in [0.25, 0.3) is 0 Å². The van der Waals surface area contributed by atoms with Gasteiger partial charge in [-0.3, -0.25) is 9.59 Å². The lowest BCUT2D eigenvalue weighted by Crippen LogP contribution is -2.01. The number of carboxylic acid groups (broad SMARTS) is 2. The second-order valence-corrected chi connectivity index (χ2v) is 7.84. The zero-order valence-electron chi connectivity index (χ0n) is 18.4. The van der Waals surface area contributed by atoms with E-state index in [0.29, 0.717) is 25.1 Å². The fourth-order valence-electron chi connectivity index (χ4n) is 3.76. The number of ether oxygens (including phenoxy) is 1. The predicted molar refractivity (Wildman–Crippen MR) is 127 cm³/mol. The molecule has 174 valence electrons. The van der Waals surface area contributed by atoms with Crippen molar-refractivity contribution in [2.45, 2.75) is 38.6 Å². The molecule has 0 aliphatic carbocycles. The van der Waals surface area contributed by atoms with E-state index >= 15 is 0 Å². The maximum absolute atomic E-state index is 11.4. The van der Waals surface area contributed by atoms with Crippen molar-refractivity contribution in [3.8, 4) is 5.75 Å². The molecule has 0 radical (unpaired) electrons. The quantitative estimate of drug-likeness (QED) is 0.262. The van der Waals surface area contributed by atoms with Crippen molar-refractivity contribution < 1.29 is 29.6 Å². The Balaban J connectivity index is 1.81. The van der Waals surface area contributed by atoms with Crippen LogP contribution < -0.4 is 4.74 Å². The van der Waals surface area contributed by atoms with Gasteiger partial charge in [0.05, 0.1) is 13.0 Å². The summed E-state index contributed by atoms with van der Waals surface area (Å²) in [5.74, 6) is -0.982. The van der Waals surface area contributed by atoms with Crippen LogP contribution in [-0.2, 0) is 22.6 Å². The maximum atomic E-state index is 11.4. The fraction of sp³-hybridized carbons (Fsp3) is 0.308. The van der Waals surface area contributed by atoms with Crippen LogP contribution in [0.2, 0.25) is 0 Å². The Hall–Kier alpha value is -3.58. The normalized spacial score (nSPS) is 11.3. The van der Waals surface area contributed by atoms with Crippen molar-refractivity contribution in [3.05, 3.63) is 65.4 Å². The van der Waals surface area contributed by atoms with Crippen LogP contribution in [0.3, 0.4) is 0 Å². The highest BCUT2D eigenvalue weighted by Crippen LogP contribution is 2.28. The average Bonchev–Trinajstić information content (AvgIpc) is 3.13. The molecule has 3 N–H and O–H groups in total. The molecule has 1 heterocycles. The molecule has 33 heavy (non-hydrogen) atoms. The number of aliphatic hydroxyl groups is 1. The summed E-state index contributed by atoms with van der Waals surface area (Å²) >= 11 is 0. The van der Waals surface area contributed by atoms with Crippen molar-refractivity contribution >= 4 is 35.0 Å². The van der Waals surface area contributed by atoms with Gasteiger partial charge in [-0.1, -0.05) is 36.4 Å². The Morgan fingerprint density at radius 1 is 0.939 bits per heavy atom. The number of fused-ring (bicyclic) bond motifs is 1. The minimum Gasteiger partial charge on any atom is -0.494 e. The van der Waals surface area contributed by atoms with Gasteiger partial charge in [-0.05, 0) is 54.2 Å². The topological polar surface area (TPSA) is 109 Å². The number of aliphatic hydroxyl groups excluding tert-OH is 1. The summed E-state index contributed by atoms with van der Waals surface area (Å²) in [5, 5.41) is 28.0. The van der Waals surface area contributed by atoms with Gasteiger partial charge in [0.15, 0.2) is 0 Å². The van der Waals surface area contributed by atoms with E-state index in [1.54, 1.807) is 0 Å². The molecule has 7 heteroatoms. The smallest absolute Gasteiger partial charge is 0.307 e. The zero-order chi connectivity index (χ0) is 23.6. The summed E-state index contributed by atoms with van der Waals surface area (Å²) in [6.45, 7) is 1.24. The second kappa shape index (κ2) is 11.9. The molecule has 0 aliphatic heterocycles. The van der Waals surface area contributed by atoms with Gasteiger partial charge in [-0.15, -0.1) is 0 Å². The van der Waals surface area contributed by atoms with Gasteiger partial charge < -0.3 is 24.6 Å². The van der Waals surface area contributed by atoms with Crippen molar-refractivity contribution in [3.63, 3.8) is 0 Å². The van der Waals surface area contributed by atoms with Gasteiger partial charge in [-0.25, -0.2) is 0 Å². The third-order valence-electron chi connectivity index (χ3n) is 5.30. The van der Waals surface area contributed by atoms with Gasteiger partial charge in [0.1, 0.15) is 5.75 Å². The summed E-state index contributed by atoms with van der Waals surface area (Å²) in [4.78, 5) is 22.3. The Bertz CT molecular complexity index is 1110. The van der Waals surface area contributed by atoms with Crippen LogP contribution in [0.15, 0.2) is 48.7 Å². The minimum absolute atomic E-state index is 0.0642. The van der Waals surface area contributed by atoms with E-state index in [1.165, 1.54) is 0 Å². The van der Waals surface area contributed by atoms with E-state index in [4.69, 9.17) is 14.9 Å². The number of unbranched alkanes of at least 4 members (excludes halogenated alkanes) is 1. The number of benzene rings is 2. The molecule has 3 rings (SSSR count). The van der Waals surface area contributed by atoms with E-state index in [2.05, 4.69) is 0 Å². The highest BCUT2D eigenvalue weighted by molar-refractivity contribution is 5.96. The Kier molecular flexibility index (Phi) is 8.66. The first-order valence-electron chi connectivity index (χ1n) is 11.0. The molecule has 7 nitrogen and oxygen atoms in total. The molecule has 0 atom stereocenters. The number of hydrogen-bond donors (Lipinski definition) is 3. The Morgan fingerprint density at radius 3 is 2.42 bits per heavy atom. The standard InChI is InChI=1S/C26H29NO6/c28-15-1-2-16-33-22-12-9-19(10-13-22)8-11-20-5-3-6-23-26(20)21(17-25(31)32)18-27(23)14-4-7-24(29)30/h3,5-6,8-13,18,28H,1-2,4,7,14-17H2,(H,29,30)(H,31,32). The Labute approximate surface area is 192 Å². The molecule has 0 saturated heterocycles. The first-order chi connectivity index (χ1) is 16.0. The number of hydrogen-bond acceptors (Lipinski definition) is 4. The molecule has 0 spiro atoms. The number of aromatic nitrogens is 1. The molecule has 0 aliphatic rings. The summed E-state index contributed by atoms with van der Waals surface area (Å²) in [7, 11) is 0. The lowest BCUT2D eigenvalue weighted by atomic mass is 10.0. The molecule has 0 amide bonds. The number of carbonyl (C=O) groups is 2. The number of nitrogens with zero attached hydrogens (tertiary/aromatic N) is 1. The van der Waals surface area contributed by atoms with Crippen LogP contribution in [-0.4, -0.2) is 45.0 Å². The first-order valence-corrected chi connectivity index (χ1v) is 11.0. The van der Waals surface area contributed by atoms with E-state index < -0.39 is 11.9 Å². The first kappa shape index (κ1) is 24.1. The van der Waals surface area contributed by atoms with Gasteiger partial charge in [0, 0.05) is 36.7 Å². The molecular formula is C26H29NO6. The van der Waals surface area contributed by atoms with Crippen LogP contribution in [0, 0.1) is 0 Å². The van der Waals surface area contributed by atoms with Crippen molar-refractivity contribution in [2.24, 2.45) is 0 Å². The lowest BCUT2D eigenvalue weighted by Gasteiger charge is -2.06. The number of carboxylic acids is 2. The largest absolute Gasteiger partial charge is 0.494 e. The third kappa shape index (κ3) is 6.95. The highest BCUT2D eigenvalue weighted by atomic mass is 16.5. The summed E-state index contributed by atoms with van der Waals surface area (Å²) in [6.07, 6.45) is 7.71.